The number of nitrogens with zero attached hydrogens (tertiary/aromatic N) is 1. The van der Waals surface area contributed by atoms with Gasteiger partial charge in [-0.1, -0.05) is 46.7 Å². The Balaban J connectivity index is 0.00000176. The van der Waals surface area contributed by atoms with Crippen molar-refractivity contribution in [3.05, 3.63) is 158 Å². The van der Waals surface area contributed by atoms with Crippen LogP contribution < -0.4 is 54.5 Å². The van der Waals surface area contributed by atoms with Crippen molar-refractivity contribution in [1.82, 2.24) is 0 Å². The number of esters is 1. The second-order valence-electron chi connectivity index (χ2n) is 27.3. The van der Waals surface area contributed by atoms with Gasteiger partial charge < -0.3 is 61.9 Å². The van der Waals surface area contributed by atoms with E-state index in [4.69, 9.17) is 57.5 Å². The van der Waals surface area contributed by atoms with Gasteiger partial charge in [0.25, 0.3) is 0 Å². The number of carbonyl (C=O) groups is 2. The third kappa shape index (κ3) is 29.0. The first-order valence-electron chi connectivity index (χ1n) is 37.2. The van der Waals surface area contributed by atoms with Crippen molar-refractivity contribution in [1.29, 1.82) is 5.41 Å². The predicted molar refractivity (Wildman–Crippen MR) is 401 cm³/mol. The summed E-state index contributed by atoms with van der Waals surface area (Å²) in [4.78, 5) is 29.3. The zero-order valence-corrected chi connectivity index (χ0v) is 72.5. The van der Waals surface area contributed by atoms with Crippen LogP contribution in [0.4, 0.5) is 11.4 Å². The number of halogens is 1. The minimum atomic E-state index is -0.732. The number of fused-ring (bicyclic) bond motifs is 3. The standard InChI is InChI=1S/C79H102IN2O12.C5H9O.CH3.2U/c1-6-9-10-15-45-87-66-32-28-64(29-33-66)80-76(83)61-24-20-59(21-25-61)54-91-70-40-42-72-63(51-70)52-75(82(44-50-85-8-3)65-30-34-67(35-31-65)88-46-16-11-12-18-48-90-77(81)58(4)5)74-53-71(41-43-73(72)74)92-55-60-22-26-62(27-23-60)78(84)94-69-38-36-68(37-39-69)89-47-17-13-14-19-49-93-79(7-2)56-86-57-79;1-2-5-3-6-4-5;;;/h28-43,51-53,59-62,81H,1,3-4,6-27,44-50,54-57H2,2,5H3;2-4H2,1H3;1H3;;/q-3;2*-1;2*+2. The van der Waals surface area contributed by atoms with Crippen LogP contribution in [-0.2, 0) is 33.3 Å². The molecule has 0 radical (unpaired) electrons. The summed E-state index contributed by atoms with van der Waals surface area (Å²) in [5.74, 6) is 6.74. The van der Waals surface area contributed by atoms with E-state index in [0.29, 0.717) is 99.6 Å². The smallest absolute Gasteiger partial charge is 0.494 e. The molecule has 558 valence electrons. The molecule has 10 rings (SSSR count). The molecule has 0 unspecified atom stereocenters. The van der Waals surface area contributed by atoms with Gasteiger partial charge >= 0.3 is 276 Å². The van der Waals surface area contributed by atoms with Crippen molar-refractivity contribution in [2.45, 2.75) is 168 Å². The van der Waals surface area contributed by atoms with E-state index in [2.05, 4.69) is 106 Å². The van der Waals surface area contributed by atoms with Gasteiger partial charge in [-0.2, -0.15) is 6.42 Å². The van der Waals surface area contributed by atoms with Gasteiger partial charge in [0.15, 0.2) is 0 Å². The molecule has 6 aromatic carbocycles. The number of hydrogen-bond acceptors (Lipinski definition) is 15. The monoisotopic (exact) mass is 1970 g/mol. The number of anilines is 2. The van der Waals surface area contributed by atoms with Crippen molar-refractivity contribution < 1.29 is 145 Å². The first-order chi connectivity index (χ1) is 48.9. The number of rotatable bonds is 43. The zero-order chi connectivity index (χ0) is 70.2. The minimum Gasteiger partial charge on any atom is -0.494 e. The molecule has 2 saturated heterocycles. The Bertz CT molecular complexity index is 3420. The van der Waals surface area contributed by atoms with E-state index in [1.54, 1.807) is 12.8 Å². The number of carbonyl (C=O) groups excluding carboxylic acids is 2. The Morgan fingerprint density at radius 2 is 1.10 bits per heavy atom. The third-order valence-corrected chi connectivity index (χ3v) is 22.4. The second-order valence-corrected chi connectivity index (χ2v) is 30.1. The van der Waals surface area contributed by atoms with Gasteiger partial charge in [-0.25, -0.2) is 0 Å². The van der Waals surface area contributed by atoms with Crippen molar-refractivity contribution in [3.8, 4) is 34.5 Å². The van der Waals surface area contributed by atoms with Gasteiger partial charge in [-0.15, -0.1) is 0 Å². The average molecular weight is 1970 g/mol. The van der Waals surface area contributed by atoms with E-state index in [-0.39, 0.29) is 99.0 Å². The van der Waals surface area contributed by atoms with Crippen LogP contribution in [0.1, 0.15) is 162 Å². The van der Waals surface area contributed by atoms with Crippen molar-refractivity contribution >= 4 is 48.6 Å². The minimum absolute atomic E-state index is 0. The SMILES string of the molecule is C=C(C)C(=N)OCCCCCCOc1ccc(N(CCOC[CH2-])c2cc3cc(OCC4CCC(C(=O)[I-]c5ccc(OCCCCC[CH2-])cc5)CC4)ccc3c3ccc(OCC4CCC(C(=O)Oc5ccc(OCCCCCCOC6(CC)COC6)cc5)CC4)cc23)cc1.CC[C-]1COC1.[CH3-].[U+2].[U+2]. The van der Waals surface area contributed by atoms with E-state index in [1.807, 2.05) is 48.5 Å². The summed E-state index contributed by atoms with van der Waals surface area (Å²) >= 11 is -0.732. The molecule has 2 aliphatic carbocycles. The predicted octanol–water partition coefficient (Wildman–Crippen LogP) is 16.3. The quantitative estimate of drug-likeness (QED) is 0.00443. The topological polar surface area (TPSA) is 163 Å². The van der Waals surface area contributed by atoms with Crippen LogP contribution in [-0.4, -0.2) is 114 Å². The molecule has 0 spiro atoms. The van der Waals surface area contributed by atoms with E-state index in [1.165, 1.54) is 6.42 Å². The maximum absolute atomic E-state index is 13.6. The van der Waals surface area contributed by atoms with Crippen LogP contribution in [0.15, 0.2) is 127 Å². The van der Waals surface area contributed by atoms with Crippen LogP contribution in [0.5, 0.6) is 34.5 Å². The second kappa shape index (κ2) is 48.2. The molecule has 0 amide bonds. The van der Waals surface area contributed by atoms with Crippen LogP contribution in [0.25, 0.3) is 21.5 Å². The molecule has 4 fully saturated rings. The molecule has 1 N–H and O–H groups in total. The summed E-state index contributed by atoms with van der Waals surface area (Å²) in [6.45, 7) is 26.8. The van der Waals surface area contributed by atoms with E-state index in [9.17, 15) is 9.59 Å². The Labute approximate surface area is 674 Å². The van der Waals surface area contributed by atoms with Gasteiger partial charge in [0.1, 0.15) is 28.6 Å². The molecule has 2 saturated carbocycles. The Kier molecular flexibility index (Phi) is 40.9. The fourth-order valence-corrected chi connectivity index (χ4v) is 15.3. The Morgan fingerprint density at radius 1 is 0.583 bits per heavy atom. The van der Waals surface area contributed by atoms with E-state index < -0.39 is 21.2 Å². The van der Waals surface area contributed by atoms with E-state index >= 15 is 0 Å². The molecule has 18 heteroatoms. The summed E-state index contributed by atoms with van der Waals surface area (Å²) in [6.07, 6.45) is 21.4. The van der Waals surface area contributed by atoms with Crippen molar-refractivity contribution in [3.63, 3.8) is 0 Å². The zero-order valence-electron chi connectivity index (χ0n) is 62.0. The molecule has 103 heavy (non-hydrogen) atoms. The van der Waals surface area contributed by atoms with Crippen molar-refractivity contribution in [2.24, 2.45) is 23.7 Å². The molecular weight excluding hydrogens is 1860 g/mol. The van der Waals surface area contributed by atoms with Crippen molar-refractivity contribution in [2.75, 3.05) is 97.3 Å². The summed E-state index contributed by atoms with van der Waals surface area (Å²) in [5.41, 5.74) is 2.58. The van der Waals surface area contributed by atoms with Gasteiger partial charge in [-0.05, 0) is 157 Å². The fraction of sp³-hybridized carbons (Fsp3) is 0.518. The molecule has 0 atom stereocenters. The molecule has 2 heterocycles. The molecule has 2 aliphatic heterocycles. The Hall–Kier alpha value is -4.34. The summed E-state index contributed by atoms with van der Waals surface area (Å²) in [5, 5.41) is 12.1. The number of ether oxygens (including phenoxy) is 11. The summed E-state index contributed by atoms with van der Waals surface area (Å²) in [6, 6.07) is 39.0. The molecular formula is C85H114IN2O13U2-. The van der Waals surface area contributed by atoms with Crippen LogP contribution in [0, 0.1) is 122 Å². The number of hydrogen-bond donors (Lipinski definition) is 1. The molecule has 15 nitrogen and oxygen atoms in total. The first kappa shape index (κ1) is 87.6. The van der Waals surface area contributed by atoms with Gasteiger partial charge in [-0.3, -0.25) is 16.1 Å². The number of unbranched alkanes of at least 4 members (excludes halogenated alkanes) is 9. The van der Waals surface area contributed by atoms with Gasteiger partial charge in [0.05, 0.1) is 52.2 Å². The summed E-state index contributed by atoms with van der Waals surface area (Å²) < 4.78 is 66.8. The van der Waals surface area contributed by atoms with Crippen LogP contribution >= 0.6 is 0 Å². The normalized spacial score (nSPS) is 17.5. The summed E-state index contributed by atoms with van der Waals surface area (Å²) in [7, 11) is 0. The molecule has 4 aliphatic rings. The fourth-order valence-electron chi connectivity index (χ4n) is 12.9. The maximum atomic E-state index is 13.6. The number of benzene rings is 6. The molecule has 0 bridgehead atoms. The first-order valence-corrected chi connectivity index (χ1v) is 39.4. The molecule has 6 aromatic rings. The molecule has 0 aromatic heterocycles. The van der Waals surface area contributed by atoms with Gasteiger partial charge in [0.2, 0.25) is 5.90 Å². The van der Waals surface area contributed by atoms with Crippen LogP contribution in [0.3, 0.4) is 0 Å². The average Bonchev–Trinajstić information content (AvgIpc) is 0.753. The third-order valence-electron chi connectivity index (χ3n) is 19.6. The van der Waals surface area contributed by atoms with Crippen LogP contribution in [0.2, 0.25) is 0 Å². The number of nitrogens with one attached hydrogen (secondary N) is 1. The van der Waals surface area contributed by atoms with Gasteiger partial charge in [0, 0.05) is 29.8 Å². The Morgan fingerprint density at radius 3 is 1.61 bits per heavy atom. The van der Waals surface area contributed by atoms with E-state index in [0.717, 1.165) is 220 Å².